The van der Waals surface area contributed by atoms with Gasteiger partial charge in [0.15, 0.2) is 0 Å². The summed E-state index contributed by atoms with van der Waals surface area (Å²) in [5, 5.41) is 4.02. The quantitative estimate of drug-likeness (QED) is 0.907. The molecule has 7 heteroatoms. The van der Waals surface area contributed by atoms with Crippen molar-refractivity contribution in [3.8, 4) is 0 Å². The Kier molecular flexibility index (Phi) is 3.84. The summed E-state index contributed by atoms with van der Waals surface area (Å²) in [6.45, 7) is 1.85. The van der Waals surface area contributed by atoms with Crippen molar-refractivity contribution in [1.29, 1.82) is 0 Å². The summed E-state index contributed by atoms with van der Waals surface area (Å²) in [5.74, 6) is 0.308. The molecule has 0 amide bonds. The summed E-state index contributed by atoms with van der Waals surface area (Å²) < 4.78 is 27.4. The standard InChI is InChI=1S/C15H15N3O2S.ClH/c19-21(20,18-9-12-7-16-8-13(12)10-18)14-5-1-3-11-4-2-6-17-15(11)14;/h1-7,13,16H,8-10H2;1H. The number of fused-ring (bicyclic) bond motifs is 2. The summed E-state index contributed by atoms with van der Waals surface area (Å²) in [4.78, 5) is 4.56. The molecule has 1 fully saturated rings. The molecule has 116 valence electrons. The molecule has 2 aliphatic rings. The van der Waals surface area contributed by atoms with Crippen molar-refractivity contribution >= 4 is 33.3 Å². The van der Waals surface area contributed by atoms with Gasteiger partial charge in [-0.2, -0.15) is 4.31 Å². The van der Waals surface area contributed by atoms with Gasteiger partial charge in [-0.05, 0) is 23.9 Å². The molecule has 1 unspecified atom stereocenters. The number of rotatable bonds is 2. The lowest BCUT2D eigenvalue weighted by atomic mass is 10.1. The Morgan fingerprint density at radius 2 is 2.05 bits per heavy atom. The van der Waals surface area contributed by atoms with E-state index in [0.29, 0.717) is 29.4 Å². The van der Waals surface area contributed by atoms with Crippen LogP contribution in [0.1, 0.15) is 0 Å². The Balaban J connectivity index is 0.00000144. The SMILES string of the molecule is Cl.O=S(=O)(c1cccc2cccnc12)N1CC2=CNCC2C1. The maximum Gasteiger partial charge on any atom is 0.245 e. The summed E-state index contributed by atoms with van der Waals surface area (Å²) in [6.07, 6.45) is 3.58. The van der Waals surface area contributed by atoms with Gasteiger partial charge in [-0.1, -0.05) is 18.2 Å². The van der Waals surface area contributed by atoms with Crippen LogP contribution in [0.15, 0.2) is 53.2 Å². The van der Waals surface area contributed by atoms with Gasteiger partial charge < -0.3 is 5.32 Å². The average molecular weight is 338 g/mol. The third-order valence-electron chi connectivity index (χ3n) is 4.17. The fourth-order valence-corrected chi connectivity index (χ4v) is 4.70. The third-order valence-corrected chi connectivity index (χ3v) is 6.02. The number of hydrogen-bond donors (Lipinski definition) is 1. The fraction of sp³-hybridized carbons (Fsp3) is 0.267. The average Bonchev–Trinajstić information content (AvgIpc) is 3.08. The van der Waals surface area contributed by atoms with E-state index >= 15 is 0 Å². The van der Waals surface area contributed by atoms with E-state index in [1.165, 1.54) is 5.57 Å². The normalized spacial score (nSPS) is 21.1. The van der Waals surface area contributed by atoms with Crippen molar-refractivity contribution in [2.45, 2.75) is 4.90 Å². The van der Waals surface area contributed by atoms with Crippen molar-refractivity contribution in [2.75, 3.05) is 19.6 Å². The first-order valence-corrected chi connectivity index (χ1v) is 8.36. The molecule has 3 heterocycles. The molecule has 1 N–H and O–H groups in total. The third kappa shape index (κ3) is 2.27. The highest BCUT2D eigenvalue weighted by atomic mass is 35.5. The lowest BCUT2D eigenvalue weighted by Crippen LogP contribution is -2.30. The van der Waals surface area contributed by atoms with Crippen molar-refractivity contribution in [2.24, 2.45) is 5.92 Å². The number of halogens is 1. The van der Waals surface area contributed by atoms with E-state index in [1.807, 2.05) is 24.4 Å². The Bertz CT molecular complexity index is 845. The number of aromatic nitrogens is 1. The molecule has 2 aromatic rings. The second-order valence-electron chi connectivity index (χ2n) is 5.45. The van der Waals surface area contributed by atoms with E-state index < -0.39 is 10.0 Å². The molecule has 1 aromatic carbocycles. The molecule has 1 saturated heterocycles. The van der Waals surface area contributed by atoms with E-state index in [0.717, 1.165) is 11.9 Å². The first kappa shape index (κ1) is 15.3. The van der Waals surface area contributed by atoms with Crippen molar-refractivity contribution in [1.82, 2.24) is 14.6 Å². The van der Waals surface area contributed by atoms with Crippen LogP contribution in [0.5, 0.6) is 0 Å². The van der Waals surface area contributed by atoms with E-state index in [-0.39, 0.29) is 12.4 Å². The molecule has 1 aromatic heterocycles. The van der Waals surface area contributed by atoms with Crippen LogP contribution in [0, 0.1) is 5.92 Å². The molecule has 0 radical (unpaired) electrons. The van der Waals surface area contributed by atoms with Crippen LogP contribution in [0.25, 0.3) is 10.9 Å². The highest BCUT2D eigenvalue weighted by Gasteiger charge is 2.38. The predicted octanol–water partition coefficient (Wildman–Crippen LogP) is 1.76. The maximum atomic E-state index is 12.9. The first-order chi connectivity index (χ1) is 10.2. The van der Waals surface area contributed by atoms with Gasteiger partial charge in [0.2, 0.25) is 10.0 Å². The minimum Gasteiger partial charge on any atom is -0.390 e. The van der Waals surface area contributed by atoms with Crippen molar-refractivity contribution in [3.05, 3.63) is 48.3 Å². The van der Waals surface area contributed by atoms with Crippen LogP contribution in [-0.2, 0) is 10.0 Å². The molecule has 0 saturated carbocycles. The second-order valence-corrected chi connectivity index (χ2v) is 7.36. The Labute approximate surface area is 135 Å². The van der Waals surface area contributed by atoms with Gasteiger partial charge >= 0.3 is 0 Å². The predicted molar refractivity (Wildman–Crippen MR) is 87.3 cm³/mol. The molecule has 0 spiro atoms. The van der Waals surface area contributed by atoms with Crippen LogP contribution in [0.2, 0.25) is 0 Å². The molecule has 22 heavy (non-hydrogen) atoms. The number of nitrogens with one attached hydrogen (secondary N) is 1. The molecule has 4 rings (SSSR count). The van der Waals surface area contributed by atoms with Gasteiger partial charge in [0, 0.05) is 37.1 Å². The van der Waals surface area contributed by atoms with Gasteiger partial charge in [-0.15, -0.1) is 12.4 Å². The summed E-state index contributed by atoms with van der Waals surface area (Å²) in [6, 6.07) is 8.99. The van der Waals surface area contributed by atoms with Crippen LogP contribution < -0.4 is 5.32 Å². The van der Waals surface area contributed by atoms with E-state index in [9.17, 15) is 8.42 Å². The topological polar surface area (TPSA) is 62.3 Å². The number of hydrogen-bond acceptors (Lipinski definition) is 4. The lowest BCUT2D eigenvalue weighted by molar-refractivity contribution is 0.455. The van der Waals surface area contributed by atoms with Gasteiger partial charge in [0.05, 0.1) is 5.52 Å². The highest BCUT2D eigenvalue weighted by Crippen LogP contribution is 2.31. The van der Waals surface area contributed by atoms with E-state index in [1.54, 1.807) is 22.6 Å². The lowest BCUT2D eigenvalue weighted by Gasteiger charge is -2.17. The minimum atomic E-state index is -3.51. The number of para-hydroxylation sites is 1. The minimum absolute atomic E-state index is 0. The number of benzene rings is 1. The number of pyridine rings is 1. The smallest absolute Gasteiger partial charge is 0.245 e. The van der Waals surface area contributed by atoms with Crippen LogP contribution in [0.3, 0.4) is 0 Å². The molecule has 0 bridgehead atoms. The Hall–Kier alpha value is -1.63. The van der Waals surface area contributed by atoms with Gasteiger partial charge in [-0.25, -0.2) is 8.42 Å². The van der Waals surface area contributed by atoms with Gasteiger partial charge in [0.1, 0.15) is 4.90 Å². The monoisotopic (exact) mass is 337 g/mol. The molecule has 2 aliphatic heterocycles. The van der Waals surface area contributed by atoms with E-state index in [2.05, 4.69) is 10.3 Å². The number of sulfonamides is 1. The Morgan fingerprint density at radius 3 is 2.86 bits per heavy atom. The summed E-state index contributed by atoms with van der Waals surface area (Å²) in [7, 11) is -3.51. The largest absolute Gasteiger partial charge is 0.390 e. The van der Waals surface area contributed by atoms with E-state index in [4.69, 9.17) is 0 Å². The zero-order valence-corrected chi connectivity index (χ0v) is 13.4. The van der Waals surface area contributed by atoms with Crippen molar-refractivity contribution in [3.63, 3.8) is 0 Å². The molecule has 1 atom stereocenters. The Morgan fingerprint density at radius 1 is 1.23 bits per heavy atom. The second kappa shape index (κ2) is 5.53. The molecule has 0 aliphatic carbocycles. The van der Waals surface area contributed by atoms with Crippen molar-refractivity contribution < 1.29 is 8.42 Å². The summed E-state index contributed by atoms with van der Waals surface area (Å²) >= 11 is 0. The zero-order chi connectivity index (χ0) is 14.4. The van der Waals surface area contributed by atoms with Crippen LogP contribution in [0.4, 0.5) is 0 Å². The van der Waals surface area contributed by atoms with Gasteiger partial charge in [-0.3, -0.25) is 4.98 Å². The summed E-state index contributed by atoms with van der Waals surface area (Å²) in [5.41, 5.74) is 1.72. The molecular formula is C15H16ClN3O2S. The molecule has 5 nitrogen and oxygen atoms in total. The van der Waals surface area contributed by atoms with Crippen LogP contribution in [-0.4, -0.2) is 37.3 Å². The number of nitrogens with zero attached hydrogens (tertiary/aromatic N) is 2. The van der Waals surface area contributed by atoms with Gasteiger partial charge in [0.25, 0.3) is 0 Å². The zero-order valence-electron chi connectivity index (χ0n) is 11.8. The fourth-order valence-electron chi connectivity index (χ4n) is 3.06. The first-order valence-electron chi connectivity index (χ1n) is 6.92. The van der Waals surface area contributed by atoms with Crippen LogP contribution >= 0.6 is 12.4 Å². The molecular weight excluding hydrogens is 322 g/mol. The highest BCUT2D eigenvalue weighted by molar-refractivity contribution is 7.89. The maximum absolute atomic E-state index is 12.9.